The summed E-state index contributed by atoms with van der Waals surface area (Å²) in [6.07, 6.45) is 2.65. The zero-order valence-corrected chi connectivity index (χ0v) is 17.2. The van der Waals surface area contributed by atoms with E-state index in [0.29, 0.717) is 23.9 Å². The third-order valence-corrected chi connectivity index (χ3v) is 5.11. The molecule has 1 saturated heterocycles. The van der Waals surface area contributed by atoms with Crippen LogP contribution < -0.4 is 10.9 Å². The Kier molecular flexibility index (Phi) is 5.72. The van der Waals surface area contributed by atoms with Crippen molar-refractivity contribution in [1.82, 2.24) is 20.0 Å². The molecule has 32 heavy (non-hydrogen) atoms. The molecule has 2 aromatic carbocycles. The van der Waals surface area contributed by atoms with E-state index in [1.807, 2.05) is 13.0 Å². The lowest BCUT2D eigenvalue weighted by Gasteiger charge is -2.12. The lowest BCUT2D eigenvalue weighted by atomic mass is 10.1. The van der Waals surface area contributed by atoms with Gasteiger partial charge in [-0.15, -0.1) is 0 Å². The number of para-hydroxylation sites is 1. The van der Waals surface area contributed by atoms with Crippen molar-refractivity contribution in [2.24, 2.45) is 0 Å². The molecule has 0 spiro atoms. The van der Waals surface area contributed by atoms with Gasteiger partial charge in [-0.1, -0.05) is 37.6 Å². The molecule has 9 heteroatoms. The van der Waals surface area contributed by atoms with Gasteiger partial charge in [0.25, 0.3) is 11.5 Å². The fraction of sp³-hybridized carbons (Fsp3) is 0.174. The van der Waals surface area contributed by atoms with Crippen LogP contribution in [0.3, 0.4) is 0 Å². The Morgan fingerprint density at radius 3 is 2.47 bits per heavy atom. The summed E-state index contributed by atoms with van der Waals surface area (Å²) in [5, 5.41) is 5.51. The Morgan fingerprint density at radius 2 is 1.78 bits per heavy atom. The van der Waals surface area contributed by atoms with Gasteiger partial charge in [0.1, 0.15) is 17.3 Å². The van der Waals surface area contributed by atoms with Gasteiger partial charge in [0, 0.05) is 17.3 Å². The molecule has 1 aliphatic rings. The summed E-state index contributed by atoms with van der Waals surface area (Å²) in [5.41, 5.74) is 1.06. The Hall–Kier alpha value is -4.01. The molecule has 0 bridgehead atoms. The van der Waals surface area contributed by atoms with Crippen LogP contribution in [0.4, 0.5) is 13.6 Å². The van der Waals surface area contributed by atoms with E-state index in [2.05, 4.69) is 10.4 Å². The summed E-state index contributed by atoms with van der Waals surface area (Å²) in [6, 6.07) is 11.1. The summed E-state index contributed by atoms with van der Waals surface area (Å²) >= 11 is 0. The number of benzene rings is 2. The van der Waals surface area contributed by atoms with Crippen LogP contribution in [0.15, 0.2) is 59.0 Å². The van der Waals surface area contributed by atoms with Crippen LogP contribution in [0.5, 0.6) is 0 Å². The van der Waals surface area contributed by atoms with E-state index in [1.165, 1.54) is 16.8 Å². The van der Waals surface area contributed by atoms with Crippen molar-refractivity contribution in [2.75, 3.05) is 0 Å². The molecule has 1 aliphatic heterocycles. The highest BCUT2D eigenvalue weighted by atomic mass is 19.1. The third-order valence-electron chi connectivity index (χ3n) is 5.11. The number of hydrogen-bond acceptors (Lipinski definition) is 3. The average molecular weight is 438 g/mol. The van der Waals surface area contributed by atoms with Gasteiger partial charge in [-0.3, -0.25) is 19.6 Å². The molecule has 4 rings (SSSR count). The fourth-order valence-corrected chi connectivity index (χ4v) is 3.52. The standard InChI is InChI=1S/C23H20F2N4O3/c1-2-6-19-17(21(30)29(27-19)16-7-4-3-5-8-16)12-20-22(31)28(23(32)26-20)13-14-9-10-15(24)11-18(14)25/h3-5,7-12,27H,2,6,13H2,1H3,(H,26,32)/b20-12-. The average Bonchev–Trinajstić information content (AvgIpc) is 3.22. The maximum Gasteiger partial charge on any atom is 0.329 e. The molecule has 0 atom stereocenters. The number of aromatic amines is 1. The molecule has 2 heterocycles. The third kappa shape index (κ3) is 3.96. The highest BCUT2D eigenvalue weighted by Gasteiger charge is 2.34. The molecular formula is C23H20F2N4O3. The molecule has 0 saturated carbocycles. The van der Waals surface area contributed by atoms with Gasteiger partial charge < -0.3 is 5.32 Å². The molecule has 1 fully saturated rings. The van der Waals surface area contributed by atoms with E-state index in [0.717, 1.165) is 17.4 Å². The summed E-state index contributed by atoms with van der Waals surface area (Å²) in [7, 11) is 0. The first-order chi connectivity index (χ1) is 15.4. The zero-order chi connectivity index (χ0) is 22.8. The van der Waals surface area contributed by atoms with Crippen LogP contribution >= 0.6 is 0 Å². The topological polar surface area (TPSA) is 87.2 Å². The van der Waals surface area contributed by atoms with Crippen molar-refractivity contribution in [3.63, 3.8) is 0 Å². The molecule has 0 aliphatic carbocycles. The van der Waals surface area contributed by atoms with Gasteiger partial charge in [-0.25, -0.2) is 18.3 Å². The van der Waals surface area contributed by atoms with Gasteiger partial charge in [-0.2, -0.15) is 0 Å². The summed E-state index contributed by atoms with van der Waals surface area (Å²) in [6.45, 7) is 1.59. The molecular weight excluding hydrogens is 418 g/mol. The molecule has 0 radical (unpaired) electrons. The number of aryl methyl sites for hydroxylation is 1. The molecule has 3 aromatic rings. The van der Waals surface area contributed by atoms with Crippen molar-refractivity contribution in [2.45, 2.75) is 26.3 Å². The molecule has 164 valence electrons. The number of hydrogen-bond donors (Lipinski definition) is 2. The highest BCUT2D eigenvalue weighted by Crippen LogP contribution is 2.20. The minimum atomic E-state index is -0.857. The number of urea groups is 1. The first kappa shape index (κ1) is 21.2. The highest BCUT2D eigenvalue weighted by molar-refractivity contribution is 6.13. The minimum Gasteiger partial charge on any atom is -0.303 e. The maximum atomic E-state index is 14.0. The summed E-state index contributed by atoms with van der Waals surface area (Å²) in [5.74, 6) is -2.31. The van der Waals surface area contributed by atoms with Crippen molar-refractivity contribution in [3.8, 4) is 5.69 Å². The Labute approximate surface area is 182 Å². The van der Waals surface area contributed by atoms with E-state index < -0.39 is 23.6 Å². The smallest absolute Gasteiger partial charge is 0.303 e. The number of carbonyl (C=O) groups is 2. The number of amides is 3. The lowest BCUT2D eigenvalue weighted by Crippen LogP contribution is -2.30. The van der Waals surface area contributed by atoms with Gasteiger partial charge >= 0.3 is 6.03 Å². The quantitative estimate of drug-likeness (QED) is 0.456. The number of halogens is 2. The largest absolute Gasteiger partial charge is 0.329 e. The van der Waals surface area contributed by atoms with Gasteiger partial charge in [0.15, 0.2) is 0 Å². The predicted molar refractivity (Wildman–Crippen MR) is 114 cm³/mol. The number of aromatic nitrogens is 2. The predicted octanol–water partition coefficient (Wildman–Crippen LogP) is 3.49. The molecule has 2 N–H and O–H groups in total. The second-order valence-corrected chi connectivity index (χ2v) is 7.35. The van der Waals surface area contributed by atoms with Crippen molar-refractivity contribution in [3.05, 3.63) is 93.0 Å². The number of nitrogens with one attached hydrogen (secondary N) is 2. The van der Waals surface area contributed by atoms with Crippen LogP contribution in [-0.4, -0.2) is 26.6 Å². The summed E-state index contributed by atoms with van der Waals surface area (Å²) < 4.78 is 28.5. The fourth-order valence-electron chi connectivity index (χ4n) is 3.52. The van der Waals surface area contributed by atoms with E-state index in [1.54, 1.807) is 24.3 Å². The van der Waals surface area contributed by atoms with Crippen LogP contribution in [0.1, 0.15) is 30.2 Å². The van der Waals surface area contributed by atoms with Crippen LogP contribution in [0, 0.1) is 11.6 Å². The van der Waals surface area contributed by atoms with E-state index >= 15 is 0 Å². The Bertz CT molecular complexity index is 1280. The zero-order valence-electron chi connectivity index (χ0n) is 17.2. The molecule has 0 unspecified atom stereocenters. The molecule has 3 amide bonds. The van der Waals surface area contributed by atoms with E-state index in [-0.39, 0.29) is 28.9 Å². The van der Waals surface area contributed by atoms with E-state index in [9.17, 15) is 23.2 Å². The first-order valence-electron chi connectivity index (χ1n) is 10.1. The van der Waals surface area contributed by atoms with Crippen LogP contribution in [-0.2, 0) is 17.8 Å². The number of carbonyl (C=O) groups excluding carboxylic acids is 2. The van der Waals surface area contributed by atoms with Gasteiger partial charge in [-0.05, 0) is 30.7 Å². The monoisotopic (exact) mass is 438 g/mol. The second-order valence-electron chi connectivity index (χ2n) is 7.35. The van der Waals surface area contributed by atoms with Gasteiger partial charge in [0.05, 0.1) is 17.8 Å². The summed E-state index contributed by atoms with van der Waals surface area (Å²) in [4.78, 5) is 39.0. The lowest BCUT2D eigenvalue weighted by molar-refractivity contribution is -0.123. The molecule has 7 nitrogen and oxygen atoms in total. The first-order valence-corrected chi connectivity index (χ1v) is 10.1. The molecule has 1 aromatic heterocycles. The number of nitrogens with zero attached hydrogens (tertiary/aromatic N) is 2. The SMILES string of the molecule is CCCc1[nH]n(-c2ccccc2)c(=O)c1/C=C1\NC(=O)N(Cc2ccc(F)cc2F)C1=O. The number of imide groups is 1. The number of H-pyrrole nitrogens is 1. The van der Waals surface area contributed by atoms with Crippen molar-refractivity contribution in [1.29, 1.82) is 0 Å². The second kappa shape index (κ2) is 8.62. The van der Waals surface area contributed by atoms with E-state index in [4.69, 9.17) is 0 Å². The minimum absolute atomic E-state index is 0.00380. The Morgan fingerprint density at radius 1 is 1.03 bits per heavy atom. The van der Waals surface area contributed by atoms with Gasteiger partial charge in [0.2, 0.25) is 0 Å². The normalized spacial score (nSPS) is 15.0. The van der Waals surface area contributed by atoms with Crippen LogP contribution in [0.25, 0.3) is 11.8 Å². The maximum absolute atomic E-state index is 14.0. The number of rotatable bonds is 6. The van der Waals surface area contributed by atoms with Crippen molar-refractivity contribution >= 4 is 18.0 Å². The van der Waals surface area contributed by atoms with Crippen LogP contribution in [0.2, 0.25) is 0 Å². The Balaban J connectivity index is 1.68. The van der Waals surface area contributed by atoms with Crippen molar-refractivity contribution < 1.29 is 18.4 Å².